The minimum atomic E-state index is -3.63. The average molecular weight is 445 g/mol. The fourth-order valence-corrected chi connectivity index (χ4v) is 5.18. The Morgan fingerprint density at radius 2 is 1.84 bits per heavy atom. The molecule has 0 saturated heterocycles. The lowest BCUT2D eigenvalue weighted by Crippen LogP contribution is -2.47. The summed E-state index contributed by atoms with van der Waals surface area (Å²) in [4.78, 5) is 13.1. The van der Waals surface area contributed by atoms with Crippen molar-refractivity contribution in [1.29, 1.82) is 0 Å². The van der Waals surface area contributed by atoms with Crippen molar-refractivity contribution in [3.05, 3.63) is 59.2 Å². The van der Waals surface area contributed by atoms with Crippen LogP contribution in [-0.4, -0.2) is 32.7 Å². The number of ether oxygens (including phenoxy) is 1. The molecule has 2 aromatic carbocycles. The zero-order valence-electron chi connectivity index (χ0n) is 18.9. The Hall–Kier alpha value is -2.54. The van der Waals surface area contributed by atoms with E-state index in [0.29, 0.717) is 12.1 Å². The number of anilines is 1. The third kappa shape index (κ3) is 5.03. The summed E-state index contributed by atoms with van der Waals surface area (Å²) in [5.74, 6) is 0.435. The summed E-state index contributed by atoms with van der Waals surface area (Å²) in [6, 6.07) is 13.0. The molecular weight excluding hydrogens is 412 g/mol. The fourth-order valence-electron chi connectivity index (χ4n) is 4.27. The molecule has 3 rings (SSSR count). The van der Waals surface area contributed by atoms with Crippen LogP contribution in [0.2, 0.25) is 0 Å². The van der Waals surface area contributed by atoms with Gasteiger partial charge in [0.1, 0.15) is 17.9 Å². The molecule has 0 aromatic heterocycles. The molecule has 1 N–H and O–H groups in total. The molecule has 0 aliphatic carbocycles. The van der Waals surface area contributed by atoms with Gasteiger partial charge in [-0.1, -0.05) is 49.7 Å². The van der Waals surface area contributed by atoms with E-state index in [4.69, 9.17) is 4.74 Å². The highest BCUT2D eigenvalue weighted by Crippen LogP contribution is 2.42. The van der Waals surface area contributed by atoms with Crippen LogP contribution in [0, 0.1) is 13.8 Å². The molecule has 0 fully saturated rings. The third-order valence-electron chi connectivity index (χ3n) is 6.13. The van der Waals surface area contributed by atoms with Crippen LogP contribution in [0.4, 0.5) is 5.69 Å². The SMILES string of the molecule is CCC1(CC)C[C@H](NC(=O)CN(c2ccc(C)cc2C)S(C)(=O)=O)c2ccccc2O1. The molecule has 0 unspecified atom stereocenters. The molecule has 2 aromatic rings. The first-order valence-electron chi connectivity index (χ1n) is 10.7. The smallest absolute Gasteiger partial charge is 0.241 e. The predicted octanol–water partition coefficient (Wildman–Crippen LogP) is 4.27. The molecule has 1 atom stereocenters. The first kappa shape index (κ1) is 23.1. The van der Waals surface area contributed by atoms with Gasteiger partial charge in [0.2, 0.25) is 15.9 Å². The molecule has 6 nitrogen and oxygen atoms in total. The number of rotatable bonds is 7. The topological polar surface area (TPSA) is 75.7 Å². The molecule has 168 valence electrons. The van der Waals surface area contributed by atoms with Crippen molar-refractivity contribution in [2.45, 2.75) is 58.6 Å². The van der Waals surface area contributed by atoms with Crippen LogP contribution >= 0.6 is 0 Å². The second-order valence-corrected chi connectivity index (χ2v) is 10.3. The van der Waals surface area contributed by atoms with Gasteiger partial charge in [-0.05, 0) is 44.4 Å². The summed E-state index contributed by atoms with van der Waals surface area (Å²) >= 11 is 0. The molecule has 0 saturated carbocycles. The van der Waals surface area contributed by atoms with Gasteiger partial charge < -0.3 is 10.1 Å². The van der Waals surface area contributed by atoms with Gasteiger partial charge in [0.05, 0.1) is 18.0 Å². The largest absolute Gasteiger partial charge is 0.487 e. The number of nitrogens with zero attached hydrogens (tertiary/aromatic N) is 1. The van der Waals surface area contributed by atoms with Gasteiger partial charge in [-0.2, -0.15) is 0 Å². The van der Waals surface area contributed by atoms with Gasteiger partial charge in [0, 0.05) is 12.0 Å². The van der Waals surface area contributed by atoms with Gasteiger partial charge in [0.15, 0.2) is 0 Å². The molecule has 1 aliphatic heterocycles. The van der Waals surface area contributed by atoms with E-state index in [1.165, 1.54) is 4.31 Å². The van der Waals surface area contributed by atoms with E-state index in [0.717, 1.165) is 41.5 Å². The number of fused-ring (bicyclic) bond motifs is 1. The van der Waals surface area contributed by atoms with Crippen molar-refractivity contribution in [3.8, 4) is 5.75 Å². The van der Waals surface area contributed by atoms with Gasteiger partial charge >= 0.3 is 0 Å². The normalized spacial score (nSPS) is 17.4. The second-order valence-electron chi connectivity index (χ2n) is 8.41. The minimum Gasteiger partial charge on any atom is -0.487 e. The molecule has 7 heteroatoms. The highest BCUT2D eigenvalue weighted by Gasteiger charge is 2.39. The lowest BCUT2D eigenvalue weighted by atomic mass is 9.83. The van der Waals surface area contributed by atoms with E-state index in [2.05, 4.69) is 19.2 Å². The molecule has 31 heavy (non-hydrogen) atoms. The van der Waals surface area contributed by atoms with Crippen molar-refractivity contribution in [2.75, 3.05) is 17.1 Å². The Kier molecular flexibility index (Phi) is 6.65. The van der Waals surface area contributed by atoms with Crippen LogP contribution in [0.5, 0.6) is 5.75 Å². The molecular formula is C24H32N2O4S. The van der Waals surface area contributed by atoms with E-state index in [1.807, 2.05) is 50.2 Å². The summed E-state index contributed by atoms with van der Waals surface area (Å²) in [7, 11) is -3.63. The number of benzene rings is 2. The van der Waals surface area contributed by atoms with Crippen molar-refractivity contribution in [1.82, 2.24) is 5.32 Å². The van der Waals surface area contributed by atoms with Crippen molar-refractivity contribution in [2.24, 2.45) is 0 Å². The summed E-state index contributed by atoms with van der Waals surface area (Å²) in [5.41, 5.74) is 2.94. The Labute approximate surface area is 185 Å². The van der Waals surface area contributed by atoms with Crippen LogP contribution in [0.3, 0.4) is 0 Å². The number of carbonyl (C=O) groups is 1. The molecule has 0 bridgehead atoms. The summed E-state index contributed by atoms with van der Waals surface area (Å²) in [6.07, 6.45) is 3.41. The predicted molar refractivity (Wildman–Crippen MR) is 124 cm³/mol. The molecule has 0 spiro atoms. The number of hydrogen-bond donors (Lipinski definition) is 1. The lowest BCUT2D eigenvalue weighted by molar-refractivity contribution is -0.121. The Morgan fingerprint density at radius 1 is 1.16 bits per heavy atom. The number of para-hydroxylation sites is 1. The van der Waals surface area contributed by atoms with E-state index < -0.39 is 10.0 Å². The summed E-state index contributed by atoms with van der Waals surface area (Å²) < 4.78 is 32.5. The Balaban J connectivity index is 1.87. The lowest BCUT2D eigenvalue weighted by Gasteiger charge is -2.41. The molecule has 0 radical (unpaired) electrons. The van der Waals surface area contributed by atoms with Crippen LogP contribution in [0.15, 0.2) is 42.5 Å². The maximum Gasteiger partial charge on any atom is 0.241 e. The number of sulfonamides is 1. The highest BCUT2D eigenvalue weighted by atomic mass is 32.2. The van der Waals surface area contributed by atoms with Crippen LogP contribution < -0.4 is 14.4 Å². The quantitative estimate of drug-likeness (QED) is 0.692. The van der Waals surface area contributed by atoms with E-state index in [1.54, 1.807) is 6.07 Å². The minimum absolute atomic E-state index is 0.238. The Morgan fingerprint density at radius 3 is 2.45 bits per heavy atom. The van der Waals surface area contributed by atoms with Gasteiger partial charge in [-0.25, -0.2) is 8.42 Å². The molecule has 1 amide bonds. The summed E-state index contributed by atoms with van der Waals surface area (Å²) in [6.45, 7) is 7.70. The first-order chi connectivity index (χ1) is 14.6. The number of hydrogen-bond acceptors (Lipinski definition) is 4. The maximum atomic E-state index is 13.1. The van der Waals surface area contributed by atoms with Crippen molar-refractivity contribution < 1.29 is 17.9 Å². The number of nitrogens with one attached hydrogen (secondary N) is 1. The van der Waals surface area contributed by atoms with Gasteiger partial charge in [-0.15, -0.1) is 0 Å². The number of carbonyl (C=O) groups excluding carboxylic acids is 1. The van der Waals surface area contributed by atoms with E-state index in [-0.39, 0.29) is 24.1 Å². The van der Waals surface area contributed by atoms with Gasteiger partial charge in [-0.3, -0.25) is 9.10 Å². The van der Waals surface area contributed by atoms with Crippen LogP contribution in [0.1, 0.15) is 55.8 Å². The number of amides is 1. The summed E-state index contributed by atoms with van der Waals surface area (Å²) in [5, 5.41) is 3.08. The highest BCUT2D eigenvalue weighted by molar-refractivity contribution is 7.92. The molecule has 1 heterocycles. The monoisotopic (exact) mass is 444 g/mol. The zero-order chi connectivity index (χ0) is 22.8. The molecule has 1 aliphatic rings. The second kappa shape index (κ2) is 8.91. The third-order valence-corrected chi connectivity index (χ3v) is 7.26. The van der Waals surface area contributed by atoms with Gasteiger partial charge in [0.25, 0.3) is 0 Å². The maximum absolute atomic E-state index is 13.1. The average Bonchev–Trinajstić information content (AvgIpc) is 2.71. The van der Waals surface area contributed by atoms with Crippen LogP contribution in [0.25, 0.3) is 0 Å². The number of aryl methyl sites for hydroxylation is 2. The van der Waals surface area contributed by atoms with E-state index >= 15 is 0 Å². The first-order valence-corrected chi connectivity index (χ1v) is 12.6. The van der Waals surface area contributed by atoms with Crippen molar-refractivity contribution in [3.63, 3.8) is 0 Å². The van der Waals surface area contributed by atoms with Crippen LogP contribution in [-0.2, 0) is 14.8 Å². The van der Waals surface area contributed by atoms with E-state index in [9.17, 15) is 13.2 Å². The zero-order valence-corrected chi connectivity index (χ0v) is 19.8. The standard InChI is InChI=1S/C24H32N2O4S/c1-6-24(7-2)15-20(19-10-8-9-11-22(19)30-24)25-23(27)16-26(31(5,28)29)21-13-12-17(3)14-18(21)4/h8-14,20H,6-7,15-16H2,1-5H3,(H,25,27)/t20-/m0/s1. The fraction of sp³-hybridized carbons (Fsp3) is 0.458. The Bertz CT molecular complexity index is 1060. The van der Waals surface area contributed by atoms with Crippen molar-refractivity contribution >= 4 is 21.6 Å².